The number of hydrogen-bond acceptors (Lipinski definition) is 4. The monoisotopic (exact) mass is 265 g/mol. The van der Waals surface area contributed by atoms with Crippen LogP contribution in [-0.4, -0.2) is 14.8 Å². The van der Waals surface area contributed by atoms with E-state index < -0.39 is 0 Å². The summed E-state index contributed by atoms with van der Waals surface area (Å²) in [5.74, 6) is 0.766. The number of aromatic nitrogens is 3. The number of nitrogens with two attached hydrogens (primary N) is 1. The SMILES string of the molecule is Cc1ccc(N)cc1Nc1ccn(-c2cccnc2)n1. The highest BCUT2D eigenvalue weighted by atomic mass is 15.3. The van der Waals surface area contributed by atoms with Crippen LogP contribution in [0.1, 0.15) is 5.56 Å². The Bertz CT molecular complexity index is 718. The maximum atomic E-state index is 5.80. The first-order valence-electron chi connectivity index (χ1n) is 6.31. The van der Waals surface area contributed by atoms with Crippen LogP contribution in [0.5, 0.6) is 0 Å². The standard InChI is InChI=1S/C15H15N5/c1-11-4-5-12(16)9-14(11)18-15-6-8-20(19-15)13-3-2-7-17-10-13/h2-10H,16H2,1H3,(H,18,19). The Balaban J connectivity index is 1.86. The van der Waals surface area contributed by atoms with Crippen LogP contribution in [0.4, 0.5) is 17.2 Å². The Morgan fingerprint density at radius 1 is 1.20 bits per heavy atom. The van der Waals surface area contributed by atoms with Crippen molar-refractivity contribution in [1.82, 2.24) is 14.8 Å². The molecule has 0 spiro atoms. The molecular weight excluding hydrogens is 250 g/mol. The molecule has 2 aromatic heterocycles. The van der Waals surface area contributed by atoms with Crippen molar-refractivity contribution < 1.29 is 0 Å². The van der Waals surface area contributed by atoms with Crippen LogP contribution in [0, 0.1) is 6.92 Å². The molecular formula is C15H15N5. The van der Waals surface area contributed by atoms with E-state index in [9.17, 15) is 0 Å². The third kappa shape index (κ3) is 2.47. The number of nitrogens with one attached hydrogen (secondary N) is 1. The molecule has 0 radical (unpaired) electrons. The van der Waals surface area contributed by atoms with Crippen LogP contribution in [0.2, 0.25) is 0 Å². The van der Waals surface area contributed by atoms with Crippen molar-refractivity contribution in [2.24, 2.45) is 0 Å². The summed E-state index contributed by atoms with van der Waals surface area (Å²) in [5, 5.41) is 7.74. The van der Waals surface area contributed by atoms with Gasteiger partial charge in [0.1, 0.15) is 0 Å². The van der Waals surface area contributed by atoms with Crippen LogP contribution in [0.15, 0.2) is 55.0 Å². The minimum atomic E-state index is 0.727. The Labute approximate surface area is 117 Å². The molecule has 5 heteroatoms. The quantitative estimate of drug-likeness (QED) is 0.714. The molecule has 20 heavy (non-hydrogen) atoms. The Kier molecular flexibility index (Phi) is 3.09. The normalized spacial score (nSPS) is 10.4. The lowest BCUT2D eigenvalue weighted by Crippen LogP contribution is -1.99. The van der Waals surface area contributed by atoms with Crippen molar-refractivity contribution in [3.8, 4) is 5.69 Å². The van der Waals surface area contributed by atoms with Gasteiger partial charge >= 0.3 is 0 Å². The summed E-state index contributed by atoms with van der Waals surface area (Å²) in [6.07, 6.45) is 5.39. The number of anilines is 3. The predicted molar refractivity (Wildman–Crippen MR) is 80.2 cm³/mol. The number of benzene rings is 1. The van der Waals surface area contributed by atoms with Gasteiger partial charge in [0, 0.05) is 29.8 Å². The zero-order valence-electron chi connectivity index (χ0n) is 11.1. The first kappa shape index (κ1) is 12.2. The van der Waals surface area contributed by atoms with Crippen molar-refractivity contribution in [3.05, 3.63) is 60.6 Å². The van der Waals surface area contributed by atoms with Gasteiger partial charge in [-0.15, -0.1) is 0 Å². The van der Waals surface area contributed by atoms with Crippen molar-refractivity contribution in [3.63, 3.8) is 0 Å². The van der Waals surface area contributed by atoms with E-state index in [2.05, 4.69) is 15.4 Å². The fourth-order valence-corrected chi connectivity index (χ4v) is 1.94. The fraction of sp³-hybridized carbons (Fsp3) is 0.0667. The topological polar surface area (TPSA) is 68.8 Å². The van der Waals surface area contributed by atoms with Crippen molar-refractivity contribution in [2.75, 3.05) is 11.1 Å². The van der Waals surface area contributed by atoms with Gasteiger partial charge < -0.3 is 11.1 Å². The lowest BCUT2D eigenvalue weighted by atomic mass is 10.2. The van der Waals surface area contributed by atoms with Gasteiger partial charge in [0.05, 0.1) is 11.9 Å². The summed E-state index contributed by atoms with van der Waals surface area (Å²) < 4.78 is 1.77. The van der Waals surface area contributed by atoms with Gasteiger partial charge in [0.15, 0.2) is 5.82 Å². The molecule has 0 amide bonds. The van der Waals surface area contributed by atoms with E-state index in [-0.39, 0.29) is 0 Å². The third-order valence-electron chi connectivity index (χ3n) is 3.02. The third-order valence-corrected chi connectivity index (χ3v) is 3.02. The average Bonchev–Trinajstić information content (AvgIpc) is 2.92. The maximum absolute atomic E-state index is 5.80. The van der Waals surface area contributed by atoms with Crippen molar-refractivity contribution in [2.45, 2.75) is 6.92 Å². The minimum Gasteiger partial charge on any atom is -0.399 e. The molecule has 100 valence electrons. The first-order valence-corrected chi connectivity index (χ1v) is 6.31. The van der Waals surface area contributed by atoms with Gasteiger partial charge in [-0.2, -0.15) is 5.10 Å². The van der Waals surface area contributed by atoms with E-state index >= 15 is 0 Å². The molecule has 1 aromatic carbocycles. The smallest absolute Gasteiger partial charge is 0.152 e. The molecule has 0 aliphatic heterocycles. The first-order chi connectivity index (χ1) is 9.72. The van der Waals surface area contributed by atoms with Crippen LogP contribution in [-0.2, 0) is 0 Å². The highest BCUT2D eigenvalue weighted by Gasteiger charge is 2.04. The maximum Gasteiger partial charge on any atom is 0.152 e. The van der Waals surface area contributed by atoms with Crippen LogP contribution in [0.3, 0.4) is 0 Å². The lowest BCUT2D eigenvalue weighted by molar-refractivity contribution is 0.877. The van der Waals surface area contributed by atoms with Gasteiger partial charge in [-0.3, -0.25) is 4.98 Å². The molecule has 0 saturated carbocycles. The van der Waals surface area contributed by atoms with Gasteiger partial charge in [-0.1, -0.05) is 6.07 Å². The van der Waals surface area contributed by atoms with Gasteiger partial charge in [0.25, 0.3) is 0 Å². The summed E-state index contributed by atoms with van der Waals surface area (Å²) in [5.41, 5.74) is 9.53. The van der Waals surface area contributed by atoms with Gasteiger partial charge in [0.2, 0.25) is 0 Å². The molecule has 3 N–H and O–H groups in total. The van der Waals surface area contributed by atoms with Crippen molar-refractivity contribution >= 4 is 17.2 Å². The molecule has 0 aliphatic carbocycles. The van der Waals surface area contributed by atoms with E-state index in [1.807, 2.05) is 49.5 Å². The summed E-state index contributed by atoms with van der Waals surface area (Å²) in [4.78, 5) is 4.08. The van der Waals surface area contributed by atoms with Gasteiger partial charge in [-0.25, -0.2) is 4.68 Å². The number of nitrogen functional groups attached to an aromatic ring is 1. The molecule has 5 nitrogen and oxygen atoms in total. The van der Waals surface area contributed by atoms with E-state index in [1.165, 1.54) is 0 Å². The molecule has 0 bridgehead atoms. The molecule has 0 saturated heterocycles. The van der Waals surface area contributed by atoms with E-state index in [0.29, 0.717) is 0 Å². The van der Waals surface area contributed by atoms with E-state index in [0.717, 1.165) is 28.4 Å². The van der Waals surface area contributed by atoms with E-state index in [1.54, 1.807) is 17.1 Å². The summed E-state index contributed by atoms with van der Waals surface area (Å²) in [6.45, 7) is 2.03. The lowest BCUT2D eigenvalue weighted by Gasteiger charge is -2.07. The van der Waals surface area contributed by atoms with Crippen LogP contribution in [0.25, 0.3) is 5.69 Å². The Hall–Kier alpha value is -2.82. The summed E-state index contributed by atoms with van der Waals surface area (Å²) >= 11 is 0. The summed E-state index contributed by atoms with van der Waals surface area (Å²) in [7, 11) is 0. The zero-order chi connectivity index (χ0) is 13.9. The molecule has 3 aromatic rings. The Morgan fingerprint density at radius 3 is 2.90 bits per heavy atom. The average molecular weight is 265 g/mol. The molecule has 3 rings (SSSR count). The highest BCUT2D eigenvalue weighted by Crippen LogP contribution is 2.22. The largest absolute Gasteiger partial charge is 0.399 e. The number of nitrogens with zero attached hydrogens (tertiary/aromatic N) is 3. The number of rotatable bonds is 3. The molecule has 2 heterocycles. The fourth-order valence-electron chi connectivity index (χ4n) is 1.94. The second-order valence-corrected chi connectivity index (χ2v) is 4.56. The molecule has 0 fully saturated rings. The minimum absolute atomic E-state index is 0.727. The van der Waals surface area contributed by atoms with Gasteiger partial charge in [-0.05, 0) is 36.8 Å². The second-order valence-electron chi connectivity index (χ2n) is 4.56. The molecule has 0 atom stereocenters. The van der Waals surface area contributed by atoms with E-state index in [4.69, 9.17) is 5.73 Å². The van der Waals surface area contributed by atoms with Crippen LogP contribution < -0.4 is 11.1 Å². The molecule has 0 aliphatic rings. The highest BCUT2D eigenvalue weighted by molar-refractivity contribution is 5.65. The second kappa shape index (κ2) is 5.05. The zero-order valence-corrected chi connectivity index (χ0v) is 11.1. The Morgan fingerprint density at radius 2 is 2.10 bits per heavy atom. The number of pyridine rings is 1. The summed E-state index contributed by atoms with van der Waals surface area (Å²) in [6, 6.07) is 11.5. The predicted octanol–water partition coefficient (Wildman–Crippen LogP) is 2.90. The van der Waals surface area contributed by atoms with Crippen molar-refractivity contribution in [1.29, 1.82) is 0 Å². The number of aryl methyl sites for hydroxylation is 1. The van der Waals surface area contributed by atoms with Crippen LogP contribution >= 0.6 is 0 Å². The number of hydrogen-bond donors (Lipinski definition) is 2. The molecule has 0 unspecified atom stereocenters.